The normalized spacial score (nSPS) is 13.7. The second kappa shape index (κ2) is 10.1. The van der Waals surface area contributed by atoms with Crippen molar-refractivity contribution >= 4 is 30.9 Å². The fraction of sp³-hybridized carbons (Fsp3) is 0.263. The zero-order chi connectivity index (χ0) is 21.6. The Morgan fingerprint density at radius 1 is 1.03 bits per heavy atom. The molecule has 29 heavy (non-hydrogen) atoms. The molecular weight excluding hydrogens is 419 g/mol. The van der Waals surface area contributed by atoms with Crippen molar-refractivity contribution in [1.29, 1.82) is 0 Å². The highest BCUT2D eigenvalue weighted by molar-refractivity contribution is 7.51. The molecule has 156 valence electrons. The molecule has 5 N–H and O–H groups in total. The summed E-state index contributed by atoms with van der Waals surface area (Å²) in [6.45, 7) is 1.56. The molecular formula is C19H22ClN2O6P. The smallest absolute Gasteiger partial charge is 0.340 e. The third-order valence-electron chi connectivity index (χ3n) is 4.28. The Balaban J connectivity index is 2.33. The van der Waals surface area contributed by atoms with Crippen LogP contribution in [0.25, 0.3) is 11.1 Å². The van der Waals surface area contributed by atoms with Gasteiger partial charge < -0.3 is 14.9 Å². The maximum Gasteiger partial charge on any atom is 0.340 e. The van der Waals surface area contributed by atoms with Gasteiger partial charge in [0.15, 0.2) is 0 Å². The van der Waals surface area contributed by atoms with Crippen molar-refractivity contribution in [3.05, 3.63) is 59.1 Å². The van der Waals surface area contributed by atoms with Crippen LogP contribution in [0.1, 0.15) is 24.9 Å². The minimum Gasteiger partial charge on any atom is -0.481 e. The minimum atomic E-state index is -4.37. The first-order valence-corrected chi connectivity index (χ1v) is 10.9. The lowest BCUT2D eigenvalue weighted by Crippen LogP contribution is -2.44. The van der Waals surface area contributed by atoms with Crippen LogP contribution in [-0.4, -0.2) is 32.9 Å². The molecule has 0 aliphatic heterocycles. The van der Waals surface area contributed by atoms with Gasteiger partial charge in [0.1, 0.15) is 18.0 Å². The third-order valence-corrected chi connectivity index (χ3v) is 5.11. The van der Waals surface area contributed by atoms with Crippen LogP contribution in [0.3, 0.4) is 0 Å². The van der Waals surface area contributed by atoms with Crippen LogP contribution in [0.2, 0.25) is 5.02 Å². The van der Waals surface area contributed by atoms with Crippen LogP contribution in [0, 0.1) is 5.92 Å². The Labute approximate surface area is 173 Å². The average molecular weight is 441 g/mol. The van der Waals surface area contributed by atoms with E-state index >= 15 is 0 Å². The van der Waals surface area contributed by atoms with Crippen LogP contribution in [0.15, 0.2) is 48.5 Å². The molecule has 2 unspecified atom stereocenters. The molecule has 0 saturated heterocycles. The number of hydrogen-bond donors (Lipinski definition) is 5. The Bertz CT molecular complexity index is 898. The van der Waals surface area contributed by atoms with Crippen molar-refractivity contribution in [3.8, 4) is 11.1 Å². The molecule has 0 radical (unpaired) electrons. The molecule has 2 aromatic rings. The van der Waals surface area contributed by atoms with Gasteiger partial charge in [-0.3, -0.25) is 14.2 Å². The first-order chi connectivity index (χ1) is 13.6. The van der Waals surface area contributed by atoms with E-state index < -0.39 is 37.6 Å². The molecule has 0 bridgehead atoms. The van der Waals surface area contributed by atoms with Crippen molar-refractivity contribution in [1.82, 2.24) is 10.9 Å². The van der Waals surface area contributed by atoms with E-state index in [1.165, 1.54) is 0 Å². The Hall–Kier alpha value is -2.06. The first-order valence-electron chi connectivity index (χ1n) is 8.76. The van der Waals surface area contributed by atoms with Gasteiger partial charge in [-0.15, -0.1) is 0 Å². The summed E-state index contributed by atoms with van der Waals surface area (Å²) in [6, 6.07) is 13.0. The van der Waals surface area contributed by atoms with Crippen LogP contribution in [-0.2, 0) is 14.2 Å². The summed E-state index contributed by atoms with van der Waals surface area (Å²) < 4.78 is 11.1. The van der Waals surface area contributed by atoms with E-state index in [1.54, 1.807) is 43.3 Å². The SMILES string of the molecule is CCC(=O)C(C(=O)O)C(NNCP(=O)(O)O)c1ccc(-c2ccc(Cl)cc2)cc1. The number of halogens is 1. The summed E-state index contributed by atoms with van der Waals surface area (Å²) in [4.78, 5) is 42.0. The summed E-state index contributed by atoms with van der Waals surface area (Å²) in [7, 11) is -4.37. The van der Waals surface area contributed by atoms with Crippen LogP contribution in [0.4, 0.5) is 0 Å². The fourth-order valence-corrected chi connectivity index (χ4v) is 3.25. The van der Waals surface area contributed by atoms with E-state index in [2.05, 4.69) is 10.9 Å². The molecule has 8 nitrogen and oxygen atoms in total. The quantitative estimate of drug-likeness (QED) is 0.216. The van der Waals surface area contributed by atoms with E-state index in [0.717, 1.165) is 11.1 Å². The second-order valence-electron chi connectivity index (χ2n) is 6.39. The number of carbonyl (C=O) groups excluding carboxylic acids is 1. The molecule has 0 fully saturated rings. The molecule has 0 spiro atoms. The molecule has 10 heteroatoms. The number of hydrazine groups is 1. The Morgan fingerprint density at radius 2 is 1.55 bits per heavy atom. The zero-order valence-electron chi connectivity index (χ0n) is 15.6. The molecule has 2 atom stereocenters. The molecule has 2 rings (SSSR count). The molecule has 2 aromatic carbocycles. The molecule has 0 saturated carbocycles. The van der Waals surface area contributed by atoms with Gasteiger partial charge in [0.25, 0.3) is 0 Å². The third kappa shape index (κ3) is 6.75. The Kier molecular flexibility index (Phi) is 8.10. The van der Waals surface area contributed by atoms with Gasteiger partial charge in [0.05, 0.1) is 6.04 Å². The zero-order valence-corrected chi connectivity index (χ0v) is 17.2. The number of carboxylic acids is 1. The lowest BCUT2D eigenvalue weighted by Gasteiger charge is -2.25. The first kappa shape index (κ1) is 23.2. The standard InChI is InChI=1S/C19H22ClN2O6P/c1-2-16(23)17(19(24)25)18(22-21-11-29(26,27)28)14-5-3-12(4-6-14)13-7-9-15(20)10-8-13/h3-10,17-18,21-22H,2,11H2,1H3,(H,24,25)(H2,26,27,28). The number of hydrogen-bond acceptors (Lipinski definition) is 5. The summed E-state index contributed by atoms with van der Waals surface area (Å²) >= 11 is 5.90. The average Bonchev–Trinajstić information content (AvgIpc) is 2.66. The lowest BCUT2D eigenvalue weighted by molar-refractivity contribution is -0.147. The van der Waals surface area contributed by atoms with Gasteiger partial charge in [-0.1, -0.05) is 54.9 Å². The topological polar surface area (TPSA) is 136 Å². The van der Waals surface area contributed by atoms with Crippen molar-refractivity contribution in [2.45, 2.75) is 19.4 Å². The second-order valence-corrected chi connectivity index (χ2v) is 8.47. The van der Waals surface area contributed by atoms with Gasteiger partial charge in [-0.05, 0) is 28.8 Å². The number of Topliss-reactive ketones (excluding diaryl/α,β-unsaturated/α-hetero) is 1. The van der Waals surface area contributed by atoms with Crippen molar-refractivity contribution in [2.24, 2.45) is 5.92 Å². The molecule has 0 heterocycles. The van der Waals surface area contributed by atoms with Gasteiger partial charge in [-0.25, -0.2) is 10.9 Å². The van der Waals surface area contributed by atoms with E-state index in [0.29, 0.717) is 10.6 Å². The van der Waals surface area contributed by atoms with Gasteiger partial charge in [0.2, 0.25) is 0 Å². The summed E-state index contributed by atoms with van der Waals surface area (Å²) in [5, 5.41) is 10.2. The Morgan fingerprint density at radius 3 is 2.00 bits per heavy atom. The minimum absolute atomic E-state index is 0.0104. The monoisotopic (exact) mass is 440 g/mol. The maximum absolute atomic E-state index is 12.2. The van der Waals surface area contributed by atoms with Crippen molar-refractivity contribution in [3.63, 3.8) is 0 Å². The van der Waals surface area contributed by atoms with Gasteiger partial charge >= 0.3 is 13.6 Å². The summed E-state index contributed by atoms with van der Waals surface area (Å²) in [5.74, 6) is -3.26. The lowest BCUT2D eigenvalue weighted by atomic mass is 9.88. The molecule has 0 aromatic heterocycles. The van der Waals surface area contributed by atoms with Crippen molar-refractivity contribution in [2.75, 3.05) is 6.29 Å². The summed E-state index contributed by atoms with van der Waals surface area (Å²) in [5.41, 5.74) is 7.19. The predicted molar refractivity (Wildman–Crippen MR) is 109 cm³/mol. The number of carbonyl (C=O) groups is 2. The predicted octanol–water partition coefficient (Wildman–Crippen LogP) is 2.96. The van der Waals surface area contributed by atoms with E-state index in [9.17, 15) is 19.3 Å². The maximum atomic E-state index is 12.2. The van der Waals surface area contributed by atoms with Gasteiger partial charge in [0, 0.05) is 11.4 Å². The fourth-order valence-electron chi connectivity index (χ4n) is 2.83. The van der Waals surface area contributed by atoms with E-state index in [-0.39, 0.29) is 6.42 Å². The van der Waals surface area contributed by atoms with Gasteiger partial charge in [-0.2, -0.15) is 0 Å². The highest BCUT2D eigenvalue weighted by atomic mass is 35.5. The number of nitrogens with one attached hydrogen (secondary N) is 2. The molecule has 0 amide bonds. The highest BCUT2D eigenvalue weighted by Crippen LogP contribution is 2.32. The number of carboxylic acid groups (broad SMARTS) is 1. The van der Waals surface area contributed by atoms with Crippen molar-refractivity contribution < 1.29 is 29.0 Å². The van der Waals surface area contributed by atoms with Crippen LogP contribution in [0.5, 0.6) is 0 Å². The van der Waals surface area contributed by atoms with Crippen LogP contribution >= 0.6 is 19.2 Å². The number of rotatable bonds is 10. The molecule has 0 aliphatic carbocycles. The number of benzene rings is 2. The summed E-state index contributed by atoms with van der Waals surface area (Å²) in [6.07, 6.45) is -0.699. The van der Waals surface area contributed by atoms with E-state index in [4.69, 9.17) is 21.4 Å². The number of ketones is 1. The number of aliphatic carboxylic acids is 1. The molecule has 0 aliphatic rings. The highest BCUT2D eigenvalue weighted by Gasteiger charge is 2.35. The largest absolute Gasteiger partial charge is 0.481 e. The van der Waals surface area contributed by atoms with Crippen LogP contribution < -0.4 is 10.9 Å². The van der Waals surface area contributed by atoms with E-state index in [1.807, 2.05) is 12.1 Å².